The summed E-state index contributed by atoms with van der Waals surface area (Å²) >= 11 is 2.96. The van der Waals surface area contributed by atoms with E-state index in [0.29, 0.717) is 22.7 Å². The van der Waals surface area contributed by atoms with Crippen LogP contribution in [0.4, 0.5) is 5.69 Å². The average Bonchev–Trinajstić information content (AvgIpc) is 2.89. The Balaban J connectivity index is 1.57. The maximum absolute atomic E-state index is 12.3. The predicted octanol–water partition coefficient (Wildman–Crippen LogP) is 4.77. The summed E-state index contributed by atoms with van der Waals surface area (Å²) in [5.74, 6) is 1.31. The Morgan fingerprint density at radius 1 is 1.21 bits per heavy atom. The second-order valence-electron chi connectivity index (χ2n) is 7.84. The lowest BCUT2D eigenvalue weighted by atomic mass is 9.87. The summed E-state index contributed by atoms with van der Waals surface area (Å²) in [4.78, 5) is 33.7. The number of thiophene rings is 1. The molecule has 3 aromatic rings. The zero-order valence-electron chi connectivity index (χ0n) is 16.8. The van der Waals surface area contributed by atoms with Crippen LogP contribution < -0.4 is 10.9 Å². The van der Waals surface area contributed by atoms with E-state index in [9.17, 15) is 9.59 Å². The van der Waals surface area contributed by atoms with Crippen molar-refractivity contribution >= 4 is 44.9 Å². The van der Waals surface area contributed by atoms with Crippen LogP contribution in [0.15, 0.2) is 29.1 Å². The van der Waals surface area contributed by atoms with Crippen molar-refractivity contribution < 1.29 is 4.79 Å². The highest BCUT2D eigenvalue weighted by Crippen LogP contribution is 2.26. The molecule has 0 atom stereocenters. The van der Waals surface area contributed by atoms with Crippen molar-refractivity contribution in [3.63, 3.8) is 0 Å². The van der Waals surface area contributed by atoms with E-state index in [4.69, 9.17) is 0 Å². The number of benzene rings is 1. The molecule has 28 heavy (non-hydrogen) atoms. The highest BCUT2D eigenvalue weighted by Gasteiger charge is 2.14. The summed E-state index contributed by atoms with van der Waals surface area (Å²) in [7, 11) is 0. The van der Waals surface area contributed by atoms with Gasteiger partial charge in [0.1, 0.15) is 10.7 Å². The first-order chi connectivity index (χ1) is 13.1. The maximum atomic E-state index is 12.3. The molecule has 148 valence electrons. The standard InChI is InChI=1S/C21H25N3O2S2/c1-12-13(2)28-20-18(12)19(26)23-16(24-20)10-27-11-17(25)22-15-8-6-14(7-9-15)21(3,4)5/h6-9H,10-11H2,1-5H3,(H,22,25)(H,23,24,26). The molecular weight excluding hydrogens is 390 g/mol. The van der Waals surface area contributed by atoms with Gasteiger partial charge in [-0.25, -0.2) is 4.98 Å². The lowest BCUT2D eigenvalue weighted by Crippen LogP contribution is -2.16. The number of carbonyl (C=O) groups is 1. The van der Waals surface area contributed by atoms with Gasteiger partial charge in [0.15, 0.2) is 0 Å². The van der Waals surface area contributed by atoms with Crippen LogP contribution in [-0.2, 0) is 16.0 Å². The van der Waals surface area contributed by atoms with E-state index in [2.05, 4.69) is 36.1 Å². The quantitative estimate of drug-likeness (QED) is 0.629. The molecule has 0 aliphatic heterocycles. The molecule has 1 aromatic carbocycles. The Morgan fingerprint density at radius 2 is 1.89 bits per heavy atom. The van der Waals surface area contributed by atoms with Gasteiger partial charge in [-0.05, 0) is 42.5 Å². The first kappa shape index (κ1) is 20.6. The van der Waals surface area contributed by atoms with E-state index >= 15 is 0 Å². The number of rotatable bonds is 5. The fraction of sp³-hybridized carbons (Fsp3) is 0.381. The van der Waals surface area contributed by atoms with Crippen molar-refractivity contribution in [2.45, 2.75) is 45.8 Å². The number of nitrogens with one attached hydrogen (secondary N) is 2. The SMILES string of the molecule is Cc1sc2nc(CSCC(=O)Nc3ccc(C(C)(C)C)cc3)[nH]c(=O)c2c1C. The largest absolute Gasteiger partial charge is 0.325 e. The number of hydrogen-bond acceptors (Lipinski definition) is 5. The van der Waals surface area contributed by atoms with Crippen molar-refractivity contribution in [1.29, 1.82) is 0 Å². The van der Waals surface area contributed by atoms with Gasteiger partial charge >= 0.3 is 0 Å². The third-order valence-corrected chi connectivity index (χ3v) is 6.64. The number of aromatic nitrogens is 2. The van der Waals surface area contributed by atoms with Crippen LogP contribution in [0, 0.1) is 13.8 Å². The molecule has 0 radical (unpaired) electrons. The molecule has 0 unspecified atom stereocenters. The lowest BCUT2D eigenvalue weighted by Gasteiger charge is -2.19. The number of fused-ring (bicyclic) bond motifs is 1. The Kier molecular flexibility index (Phi) is 5.95. The Labute approximate surface area is 173 Å². The van der Waals surface area contributed by atoms with Crippen molar-refractivity contribution in [2.24, 2.45) is 0 Å². The van der Waals surface area contributed by atoms with E-state index in [1.165, 1.54) is 28.7 Å². The normalized spacial score (nSPS) is 11.8. The number of aromatic amines is 1. The molecule has 0 fully saturated rings. The molecule has 0 aliphatic rings. The zero-order valence-corrected chi connectivity index (χ0v) is 18.4. The van der Waals surface area contributed by atoms with Crippen LogP contribution in [0.5, 0.6) is 0 Å². The van der Waals surface area contributed by atoms with Crippen molar-refractivity contribution in [2.75, 3.05) is 11.1 Å². The lowest BCUT2D eigenvalue weighted by molar-refractivity contribution is -0.113. The third-order valence-electron chi connectivity index (χ3n) is 4.59. The summed E-state index contributed by atoms with van der Waals surface area (Å²) in [6.07, 6.45) is 0. The average molecular weight is 416 g/mol. The maximum Gasteiger partial charge on any atom is 0.259 e. The Bertz CT molecular complexity index is 1060. The third kappa shape index (κ3) is 4.64. The van der Waals surface area contributed by atoms with Crippen LogP contribution in [0.1, 0.15) is 42.6 Å². The van der Waals surface area contributed by atoms with Crippen molar-refractivity contribution in [3.8, 4) is 0 Å². The smallest absolute Gasteiger partial charge is 0.259 e. The summed E-state index contributed by atoms with van der Waals surface area (Å²) in [6, 6.07) is 7.93. The van der Waals surface area contributed by atoms with Crippen LogP contribution in [0.3, 0.4) is 0 Å². The fourth-order valence-corrected chi connectivity index (χ4v) is 4.60. The summed E-state index contributed by atoms with van der Waals surface area (Å²) in [5, 5.41) is 3.58. The van der Waals surface area contributed by atoms with Crippen LogP contribution in [-0.4, -0.2) is 21.6 Å². The van der Waals surface area contributed by atoms with Gasteiger partial charge in [0.25, 0.3) is 5.56 Å². The van der Waals surface area contributed by atoms with Gasteiger partial charge in [-0.2, -0.15) is 0 Å². The molecule has 2 N–H and O–H groups in total. The number of thioether (sulfide) groups is 1. The Hall–Kier alpha value is -2.12. The summed E-state index contributed by atoms with van der Waals surface area (Å²) < 4.78 is 0. The van der Waals surface area contributed by atoms with E-state index < -0.39 is 0 Å². The molecule has 7 heteroatoms. The monoisotopic (exact) mass is 415 g/mol. The summed E-state index contributed by atoms with van der Waals surface area (Å²) in [5.41, 5.74) is 2.99. The number of carbonyl (C=O) groups excluding carboxylic acids is 1. The molecule has 2 aromatic heterocycles. The number of aryl methyl sites for hydroxylation is 2. The molecule has 3 rings (SSSR count). The molecule has 2 heterocycles. The fourth-order valence-electron chi connectivity index (χ4n) is 2.86. The molecular formula is C21H25N3O2S2. The molecule has 0 spiro atoms. The van der Waals surface area contributed by atoms with Gasteiger partial charge in [-0.1, -0.05) is 32.9 Å². The molecule has 1 amide bonds. The number of amides is 1. The first-order valence-electron chi connectivity index (χ1n) is 9.12. The predicted molar refractivity (Wildman–Crippen MR) is 120 cm³/mol. The molecule has 0 bridgehead atoms. The molecule has 0 aliphatic carbocycles. The first-order valence-corrected chi connectivity index (χ1v) is 11.1. The van der Waals surface area contributed by atoms with Gasteiger partial charge in [0.2, 0.25) is 5.91 Å². The van der Waals surface area contributed by atoms with Gasteiger partial charge in [-0.3, -0.25) is 9.59 Å². The number of hydrogen-bond donors (Lipinski definition) is 2. The number of anilines is 1. The summed E-state index contributed by atoms with van der Waals surface area (Å²) in [6.45, 7) is 10.4. The van der Waals surface area contributed by atoms with Gasteiger partial charge in [0.05, 0.1) is 16.9 Å². The Morgan fingerprint density at radius 3 is 2.54 bits per heavy atom. The number of H-pyrrole nitrogens is 1. The van der Waals surface area contributed by atoms with Crippen LogP contribution in [0.25, 0.3) is 10.2 Å². The van der Waals surface area contributed by atoms with E-state index in [0.717, 1.165) is 21.0 Å². The molecule has 5 nitrogen and oxygen atoms in total. The second kappa shape index (κ2) is 8.09. The van der Waals surface area contributed by atoms with Crippen LogP contribution in [0.2, 0.25) is 0 Å². The van der Waals surface area contributed by atoms with E-state index in [1.807, 2.05) is 38.1 Å². The molecule has 0 saturated heterocycles. The number of nitrogens with zero attached hydrogens (tertiary/aromatic N) is 1. The zero-order chi connectivity index (χ0) is 20.5. The van der Waals surface area contributed by atoms with Crippen LogP contribution >= 0.6 is 23.1 Å². The van der Waals surface area contributed by atoms with Crippen molar-refractivity contribution in [1.82, 2.24) is 9.97 Å². The minimum Gasteiger partial charge on any atom is -0.325 e. The minimum absolute atomic E-state index is 0.0697. The topological polar surface area (TPSA) is 74.8 Å². The van der Waals surface area contributed by atoms with Gasteiger partial charge in [0, 0.05) is 10.6 Å². The van der Waals surface area contributed by atoms with Gasteiger partial charge in [-0.15, -0.1) is 23.1 Å². The highest BCUT2D eigenvalue weighted by molar-refractivity contribution is 7.99. The molecule has 0 saturated carbocycles. The van der Waals surface area contributed by atoms with E-state index in [-0.39, 0.29) is 16.9 Å². The van der Waals surface area contributed by atoms with Gasteiger partial charge < -0.3 is 10.3 Å². The van der Waals surface area contributed by atoms with E-state index in [1.54, 1.807) is 0 Å². The highest BCUT2D eigenvalue weighted by atomic mass is 32.2. The minimum atomic E-state index is -0.106. The second-order valence-corrected chi connectivity index (χ2v) is 10.0. The van der Waals surface area contributed by atoms with Crippen molar-refractivity contribution in [3.05, 3.63) is 56.4 Å².